The third-order valence-corrected chi connectivity index (χ3v) is 8.25. The molecular weight excluding hydrogens is 482 g/mol. The lowest BCUT2D eigenvalue weighted by Gasteiger charge is -2.30. The molecule has 2 aromatic heterocycles. The number of nitrogens with zero attached hydrogens (tertiary/aromatic N) is 4. The monoisotopic (exact) mass is 517 g/mol. The lowest BCUT2D eigenvalue weighted by molar-refractivity contribution is 0.0842. The third-order valence-electron chi connectivity index (χ3n) is 7.90. The van der Waals surface area contributed by atoms with Gasteiger partial charge in [0.1, 0.15) is 0 Å². The molecule has 7 nitrogen and oxygen atoms in total. The Balaban J connectivity index is 1.35. The molecule has 3 aromatic rings. The number of rotatable bonds is 6. The van der Waals surface area contributed by atoms with Crippen molar-refractivity contribution in [2.24, 2.45) is 0 Å². The summed E-state index contributed by atoms with van der Waals surface area (Å²) < 4.78 is 13.9. The van der Waals surface area contributed by atoms with Crippen LogP contribution in [-0.2, 0) is 9.47 Å². The number of aromatic nitrogens is 2. The summed E-state index contributed by atoms with van der Waals surface area (Å²) in [5.41, 5.74) is 7.14. The lowest BCUT2D eigenvalue weighted by atomic mass is 9.96. The van der Waals surface area contributed by atoms with Gasteiger partial charge in [-0.25, -0.2) is 0 Å². The summed E-state index contributed by atoms with van der Waals surface area (Å²) in [5.74, 6) is 0. The first kappa shape index (κ1) is 24.4. The van der Waals surface area contributed by atoms with Gasteiger partial charge in [0.25, 0.3) is 0 Å². The zero-order valence-electron chi connectivity index (χ0n) is 21.6. The Bertz CT molecular complexity index is 1230. The molecule has 0 radical (unpaired) electrons. The van der Waals surface area contributed by atoms with Gasteiger partial charge < -0.3 is 29.2 Å². The van der Waals surface area contributed by atoms with Crippen molar-refractivity contribution in [1.82, 2.24) is 19.8 Å². The zero-order valence-corrected chi connectivity index (χ0v) is 22.4. The standard InChI is InChI=1S/C29H35N5O2S/c1-20-18-25(21(2)34(20)23-10-8-22(9-11-23)32-13-16-35-17-14-32)28-27(26-7-3-4-12-30-26)31-29(37)33(28)19-24-6-5-15-36-24/h3-4,7-12,18,24,27-28H,5-6,13-17,19H2,1-2H3,(H,31,37)/t24-,27-,28-/m0/s1. The molecule has 0 saturated carbocycles. The molecule has 3 aliphatic heterocycles. The number of nitrogens with one attached hydrogen (secondary N) is 1. The summed E-state index contributed by atoms with van der Waals surface area (Å²) in [6.45, 7) is 9.49. The van der Waals surface area contributed by atoms with Crippen molar-refractivity contribution in [2.75, 3.05) is 44.4 Å². The topological polar surface area (TPSA) is 54.8 Å². The average Bonchev–Trinajstić information content (AvgIpc) is 3.64. The number of hydrogen-bond donors (Lipinski definition) is 1. The molecule has 1 aromatic carbocycles. The number of anilines is 1. The van der Waals surface area contributed by atoms with Gasteiger partial charge in [0.15, 0.2) is 5.11 Å². The Morgan fingerprint density at radius 3 is 2.51 bits per heavy atom. The van der Waals surface area contributed by atoms with Crippen LogP contribution >= 0.6 is 12.2 Å². The zero-order chi connectivity index (χ0) is 25.4. The van der Waals surface area contributed by atoms with Crippen molar-refractivity contribution < 1.29 is 9.47 Å². The van der Waals surface area contributed by atoms with Crippen LogP contribution in [0.1, 0.15) is 47.6 Å². The highest BCUT2D eigenvalue weighted by Crippen LogP contribution is 2.42. The molecule has 3 fully saturated rings. The summed E-state index contributed by atoms with van der Waals surface area (Å²) in [7, 11) is 0. The molecule has 3 atom stereocenters. The second kappa shape index (κ2) is 10.4. The lowest BCUT2D eigenvalue weighted by Crippen LogP contribution is -2.36. The van der Waals surface area contributed by atoms with Crippen molar-refractivity contribution >= 4 is 23.0 Å². The molecule has 3 aliphatic rings. The fraction of sp³-hybridized carbons (Fsp3) is 0.448. The molecule has 3 saturated heterocycles. The second-order valence-electron chi connectivity index (χ2n) is 10.2. The van der Waals surface area contributed by atoms with Crippen LogP contribution in [0, 0.1) is 13.8 Å². The van der Waals surface area contributed by atoms with Gasteiger partial charge in [0.05, 0.1) is 37.1 Å². The average molecular weight is 518 g/mol. The highest BCUT2D eigenvalue weighted by atomic mass is 32.1. The summed E-state index contributed by atoms with van der Waals surface area (Å²) in [6, 6.07) is 17.4. The summed E-state index contributed by atoms with van der Waals surface area (Å²) in [6.07, 6.45) is 4.26. The minimum atomic E-state index is -0.0206. The Hall–Kier alpha value is -2.94. The summed E-state index contributed by atoms with van der Waals surface area (Å²) >= 11 is 5.89. The Kier molecular flexibility index (Phi) is 6.88. The van der Waals surface area contributed by atoms with Gasteiger partial charge in [-0.2, -0.15) is 0 Å². The van der Waals surface area contributed by atoms with Gasteiger partial charge in [-0.3, -0.25) is 4.98 Å². The van der Waals surface area contributed by atoms with E-state index in [1.54, 1.807) is 0 Å². The van der Waals surface area contributed by atoms with Crippen LogP contribution in [0.4, 0.5) is 5.69 Å². The first-order valence-corrected chi connectivity index (χ1v) is 13.7. The van der Waals surface area contributed by atoms with Gasteiger partial charge in [0.2, 0.25) is 0 Å². The Morgan fingerprint density at radius 2 is 1.81 bits per heavy atom. The van der Waals surface area contributed by atoms with Crippen molar-refractivity contribution in [3.05, 3.63) is 77.4 Å². The molecular formula is C29H35N5O2S. The van der Waals surface area contributed by atoms with E-state index in [0.717, 1.165) is 63.1 Å². The van der Waals surface area contributed by atoms with Crippen LogP contribution in [0.25, 0.3) is 5.69 Å². The predicted molar refractivity (Wildman–Crippen MR) is 149 cm³/mol. The van der Waals surface area contributed by atoms with E-state index in [4.69, 9.17) is 26.7 Å². The predicted octanol–water partition coefficient (Wildman–Crippen LogP) is 4.48. The fourth-order valence-corrected chi connectivity index (χ4v) is 6.38. The number of ether oxygens (including phenoxy) is 2. The summed E-state index contributed by atoms with van der Waals surface area (Å²) in [5, 5.41) is 4.37. The van der Waals surface area contributed by atoms with Crippen LogP contribution < -0.4 is 10.2 Å². The Labute approximate surface area is 224 Å². The minimum Gasteiger partial charge on any atom is -0.378 e. The molecule has 0 unspecified atom stereocenters. The Morgan fingerprint density at radius 1 is 1.03 bits per heavy atom. The van der Waals surface area contributed by atoms with E-state index >= 15 is 0 Å². The van der Waals surface area contributed by atoms with Gasteiger partial charge in [-0.05, 0) is 86.9 Å². The highest BCUT2D eigenvalue weighted by molar-refractivity contribution is 7.80. The molecule has 0 aliphatic carbocycles. The largest absolute Gasteiger partial charge is 0.378 e. The number of benzene rings is 1. The molecule has 1 N–H and O–H groups in total. The number of aryl methyl sites for hydroxylation is 1. The van der Waals surface area contributed by atoms with Crippen LogP contribution in [0.3, 0.4) is 0 Å². The van der Waals surface area contributed by atoms with E-state index in [1.807, 2.05) is 18.3 Å². The van der Waals surface area contributed by atoms with E-state index in [9.17, 15) is 0 Å². The maximum absolute atomic E-state index is 6.02. The summed E-state index contributed by atoms with van der Waals surface area (Å²) in [4.78, 5) is 9.43. The molecule has 6 rings (SSSR count). The normalized spacial score (nSPS) is 24.1. The smallest absolute Gasteiger partial charge is 0.170 e. The maximum Gasteiger partial charge on any atom is 0.170 e. The second-order valence-corrected chi connectivity index (χ2v) is 10.6. The number of thiocarbonyl (C=S) groups is 1. The fourth-order valence-electron chi connectivity index (χ4n) is 6.07. The SMILES string of the molecule is Cc1cc([C@H]2[C@H](c3ccccn3)NC(=S)N2C[C@@H]2CCCO2)c(C)n1-c1ccc(N2CCOCC2)cc1. The first-order valence-electron chi connectivity index (χ1n) is 13.3. The van der Waals surface area contributed by atoms with Gasteiger partial charge in [-0.1, -0.05) is 6.07 Å². The van der Waals surface area contributed by atoms with Gasteiger partial charge in [-0.15, -0.1) is 0 Å². The van der Waals surface area contributed by atoms with Gasteiger partial charge in [0, 0.05) is 55.2 Å². The van der Waals surface area contributed by atoms with Gasteiger partial charge >= 0.3 is 0 Å². The van der Waals surface area contributed by atoms with E-state index in [0.29, 0.717) is 0 Å². The first-order chi connectivity index (χ1) is 18.1. The minimum absolute atomic E-state index is 0.0206. The maximum atomic E-state index is 6.02. The van der Waals surface area contributed by atoms with Crippen LogP contribution in [0.15, 0.2) is 54.7 Å². The molecule has 0 spiro atoms. The van der Waals surface area contributed by atoms with Crippen LogP contribution in [-0.4, -0.2) is 65.1 Å². The third kappa shape index (κ3) is 4.74. The molecule has 8 heteroatoms. The molecule has 0 bridgehead atoms. The molecule has 0 amide bonds. The van der Waals surface area contributed by atoms with Crippen LogP contribution in [0.5, 0.6) is 0 Å². The van der Waals surface area contributed by atoms with Crippen molar-refractivity contribution in [3.63, 3.8) is 0 Å². The van der Waals surface area contributed by atoms with Crippen molar-refractivity contribution in [1.29, 1.82) is 0 Å². The molecule has 37 heavy (non-hydrogen) atoms. The van der Waals surface area contributed by atoms with E-state index in [-0.39, 0.29) is 18.2 Å². The molecule has 5 heterocycles. The number of pyridine rings is 1. The van der Waals surface area contributed by atoms with Crippen molar-refractivity contribution in [3.8, 4) is 5.69 Å². The van der Waals surface area contributed by atoms with E-state index < -0.39 is 0 Å². The van der Waals surface area contributed by atoms with Crippen molar-refractivity contribution in [2.45, 2.75) is 44.9 Å². The number of morpholine rings is 1. The quantitative estimate of drug-likeness (QED) is 0.484. The van der Waals surface area contributed by atoms with E-state index in [2.05, 4.69) is 69.9 Å². The molecule has 194 valence electrons. The van der Waals surface area contributed by atoms with Crippen LogP contribution in [0.2, 0.25) is 0 Å². The number of hydrogen-bond acceptors (Lipinski definition) is 5. The van der Waals surface area contributed by atoms with E-state index in [1.165, 1.54) is 28.3 Å². The highest BCUT2D eigenvalue weighted by Gasteiger charge is 2.42.